The van der Waals surface area contributed by atoms with Crippen molar-refractivity contribution < 1.29 is 4.79 Å². The predicted molar refractivity (Wildman–Crippen MR) is 103 cm³/mol. The smallest absolute Gasteiger partial charge is 0.273 e. The van der Waals surface area contributed by atoms with Crippen LogP contribution in [0.2, 0.25) is 5.02 Å². The second kappa shape index (κ2) is 8.18. The summed E-state index contributed by atoms with van der Waals surface area (Å²) < 4.78 is 0. The maximum atomic E-state index is 12.6. The van der Waals surface area contributed by atoms with Gasteiger partial charge < -0.3 is 5.32 Å². The molecule has 1 aromatic heterocycles. The number of halogens is 1. The Labute approximate surface area is 159 Å². The van der Waals surface area contributed by atoms with Crippen molar-refractivity contribution in [2.45, 2.75) is 39.7 Å². The van der Waals surface area contributed by atoms with Gasteiger partial charge in [-0.05, 0) is 57.4 Å². The first-order valence-electron chi connectivity index (χ1n) is 9.16. The normalized spacial score (nSPS) is 19.3. The van der Waals surface area contributed by atoms with Gasteiger partial charge in [0.05, 0.1) is 11.4 Å². The van der Waals surface area contributed by atoms with Gasteiger partial charge in [-0.15, -0.1) is 5.10 Å². The number of nitrogens with zero attached hydrogens (tertiary/aromatic N) is 4. The minimum absolute atomic E-state index is 0.187. The lowest BCUT2D eigenvalue weighted by molar-refractivity contribution is 0.0911. The molecule has 0 saturated carbocycles. The van der Waals surface area contributed by atoms with Crippen molar-refractivity contribution in [3.05, 3.63) is 40.7 Å². The molecule has 1 aromatic carbocycles. The van der Waals surface area contributed by atoms with Crippen molar-refractivity contribution in [2.75, 3.05) is 19.6 Å². The highest BCUT2D eigenvalue weighted by atomic mass is 35.5. The van der Waals surface area contributed by atoms with Crippen molar-refractivity contribution in [1.82, 2.24) is 25.2 Å². The van der Waals surface area contributed by atoms with Gasteiger partial charge in [0.1, 0.15) is 0 Å². The van der Waals surface area contributed by atoms with Crippen LogP contribution in [0, 0.1) is 12.8 Å². The van der Waals surface area contributed by atoms with E-state index in [0.717, 1.165) is 24.7 Å². The molecule has 1 saturated heterocycles. The van der Waals surface area contributed by atoms with Crippen molar-refractivity contribution in [1.29, 1.82) is 0 Å². The molecule has 3 rings (SSSR count). The van der Waals surface area contributed by atoms with E-state index in [-0.39, 0.29) is 5.91 Å². The third-order valence-corrected chi connectivity index (χ3v) is 5.14. The standard InChI is InChI=1S/C19H26ClN5O/c1-13-6-5-9-24(12-13)14(2)11-21-19(26)18-15(3)22-25(23-18)17-8-4-7-16(20)10-17/h4,7-8,10,13-14H,5-6,9,11-12H2,1-3H3,(H,21,26). The molecule has 2 aromatic rings. The molecule has 1 aliphatic rings. The van der Waals surface area contributed by atoms with E-state index in [2.05, 4.69) is 34.3 Å². The SMILES string of the molecule is Cc1nn(-c2cccc(Cl)c2)nc1C(=O)NCC(C)N1CCCC(C)C1. The number of aryl methyl sites for hydroxylation is 1. The van der Waals surface area contributed by atoms with E-state index in [1.165, 1.54) is 17.6 Å². The van der Waals surface area contributed by atoms with E-state index in [1.54, 1.807) is 19.1 Å². The third kappa shape index (κ3) is 4.43. The minimum atomic E-state index is -0.187. The second-order valence-electron chi connectivity index (χ2n) is 7.20. The molecule has 0 aliphatic carbocycles. The predicted octanol–water partition coefficient (Wildman–Crippen LogP) is 3.08. The molecule has 1 amide bonds. The number of hydrogen-bond acceptors (Lipinski definition) is 4. The fraction of sp³-hybridized carbons (Fsp3) is 0.526. The Morgan fingerprint density at radius 2 is 2.23 bits per heavy atom. The Morgan fingerprint density at radius 3 is 2.96 bits per heavy atom. The number of rotatable bonds is 5. The van der Waals surface area contributed by atoms with Gasteiger partial charge in [0.2, 0.25) is 0 Å². The van der Waals surface area contributed by atoms with Crippen LogP contribution < -0.4 is 5.32 Å². The number of aromatic nitrogens is 3. The van der Waals surface area contributed by atoms with Crippen molar-refractivity contribution in [3.8, 4) is 5.69 Å². The molecule has 140 valence electrons. The maximum Gasteiger partial charge on any atom is 0.273 e. The fourth-order valence-corrected chi connectivity index (χ4v) is 3.57. The zero-order valence-corrected chi connectivity index (χ0v) is 16.3. The van der Waals surface area contributed by atoms with Gasteiger partial charge in [-0.2, -0.15) is 9.90 Å². The van der Waals surface area contributed by atoms with E-state index >= 15 is 0 Å². The van der Waals surface area contributed by atoms with Gasteiger partial charge in [-0.3, -0.25) is 9.69 Å². The summed E-state index contributed by atoms with van der Waals surface area (Å²) in [5, 5.41) is 12.3. The van der Waals surface area contributed by atoms with Crippen molar-refractivity contribution in [2.24, 2.45) is 5.92 Å². The van der Waals surface area contributed by atoms with Gasteiger partial charge in [0.15, 0.2) is 5.69 Å². The highest BCUT2D eigenvalue weighted by Crippen LogP contribution is 2.17. The van der Waals surface area contributed by atoms with Crippen LogP contribution in [-0.2, 0) is 0 Å². The van der Waals surface area contributed by atoms with Crippen LogP contribution in [0.1, 0.15) is 42.9 Å². The van der Waals surface area contributed by atoms with Crippen LogP contribution in [0.3, 0.4) is 0 Å². The molecule has 0 bridgehead atoms. The summed E-state index contributed by atoms with van der Waals surface area (Å²) in [4.78, 5) is 16.5. The van der Waals surface area contributed by atoms with E-state index in [0.29, 0.717) is 29.0 Å². The van der Waals surface area contributed by atoms with Crippen molar-refractivity contribution >= 4 is 17.5 Å². The molecule has 1 aliphatic heterocycles. The highest BCUT2D eigenvalue weighted by Gasteiger charge is 2.22. The highest BCUT2D eigenvalue weighted by molar-refractivity contribution is 6.30. The van der Waals surface area contributed by atoms with Crippen LogP contribution in [0.4, 0.5) is 0 Å². The van der Waals surface area contributed by atoms with E-state index in [4.69, 9.17) is 11.6 Å². The molecule has 1 N–H and O–H groups in total. The largest absolute Gasteiger partial charge is 0.349 e. The van der Waals surface area contributed by atoms with E-state index in [1.807, 2.05) is 12.1 Å². The van der Waals surface area contributed by atoms with Crippen LogP contribution in [0.5, 0.6) is 0 Å². The summed E-state index contributed by atoms with van der Waals surface area (Å²) in [6, 6.07) is 7.55. The fourth-order valence-electron chi connectivity index (χ4n) is 3.38. The summed E-state index contributed by atoms with van der Waals surface area (Å²) >= 11 is 6.02. The zero-order chi connectivity index (χ0) is 18.7. The lowest BCUT2D eigenvalue weighted by atomic mass is 9.99. The van der Waals surface area contributed by atoms with Gasteiger partial charge in [0.25, 0.3) is 5.91 Å². The maximum absolute atomic E-state index is 12.6. The van der Waals surface area contributed by atoms with Gasteiger partial charge in [0, 0.05) is 24.2 Å². The molecule has 26 heavy (non-hydrogen) atoms. The molecule has 1 fully saturated rings. The lowest BCUT2D eigenvalue weighted by Crippen LogP contribution is -2.46. The Kier molecular flexibility index (Phi) is 5.94. The van der Waals surface area contributed by atoms with E-state index in [9.17, 15) is 4.79 Å². The van der Waals surface area contributed by atoms with E-state index < -0.39 is 0 Å². The van der Waals surface area contributed by atoms with Crippen LogP contribution in [0.25, 0.3) is 5.69 Å². The molecule has 7 heteroatoms. The summed E-state index contributed by atoms with van der Waals surface area (Å²) in [6.45, 7) is 9.04. The molecular formula is C19H26ClN5O. The molecule has 0 radical (unpaired) electrons. The van der Waals surface area contributed by atoms with Gasteiger partial charge in [-0.1, -0.05) is 24.6 Å². The Hall–Kier alpha value is -1.92. The quantitative estimate of drug-likeness (QED) is 0.872. The Balaban J connectivity index is 1.63. The first-order valence-corrected chi connectivity index (χ1v) is 9.54. The zero-order valence-electron chi connectivity index (χ0n) is 15.6. The minimum Gasteiger partial charge on any atom is -0.349 e. The summed E-state index contributed by atoms with van der Waals surface area (Å²) in [7, 11) is 0. The first kappa shape index (κ1) is 18.9. The first-order chi connectivity index (χ1) is 12.4. The molecule has 2 atom stereocenters. The molecule has 6 nitrogen and oxygen atoms in total. The number of nitrogens with one attached hydrogen (secondary N) is 1. The number of carbonyl (C=O) groups is 1. The topological polar surface area (TPSA) is 63.1 Å². The number of likely N-dealkylation sites (tertiary alicyclic amines) is 1. The number of amides is 1. The Bertz CT molecular complexity index is 775. The van der Waals surface area contributed by atoms with Crippen LogP contribution in [-0.4, -0.2) is 51.5 Å². The average molecular weight is 376 g/mol. The number of benzene rings is 1. The lowest BCUT2D eigenvalue weighted by Gasteiger charge is -2.35. The average Bonchev–Trinajstić information content (AvgIpc) is 3.01. The van der Waals surface area contributed by atoms with Gasteiger partial charge in [-0.25, -0.2) is 0 Å². The second-order valence-corrected chi connectivity index (χ2v) is 7.64. The Morgan fingerprint density at radius 1 is 1.42 bits per heavy atom. The summed E-state index contributed by atoms with van der Waals surface area (Å²) in [6.07, 6.45) is 2.52. The van der Waals surface area contributed by atoms with Crippen LogP contribution in [0.15, 0.2) is 24.3 Å². The number of piperidine rings is 1. The molecule has 2 heterocycles. The number of carbonyl (C=O) groups excluding carboxylic acids is 1. The van der Waals surface area contributed by atoms with Crippen LogP contribution >= 0.6 is 11.6 Å². The van der Waals surface area contributed by atoms with Gasteiger partial charge >= 0.3 is 0 Å². The molecular weight excluding hydrogens is 350 g/mol. The molecule has 2 unspecified atom stereocenters. The van der Waals surface area contributed by atoms with Crippen molar-refractivity contribution in [3.63, 3.8) is 0 Å². The monoisotopic (exact) mass is 375 g/mol. The molecule has 0 spiro atoms. The summed E-state index contributed by atoms with van der Waals surface area (Å²) in [5.74, 6) is 0.537. The summed E-state index contributed by atoms with van der Waals surface area (Å²) in [5.41, 5.74) is 1.68. The number of hydrogen-bond donors (Lipinski definition) is 1. The third-order valence-electron chi connectivity index (χ3n) is 4.91.